The minimum Gasteiger partial charge on any atom is -0.323 e. The van der Waals surface area contributed by atoms with E-state index in [1.54, 1.807) is 11.8 Å². The molecule has 1 aromatic heterocycles. The molecule has 0 spiro atoms. The first-order valence-corrected chi connectivity index (χ1v) is 6.96. The normalized spacial score (nSPS) is 12.4. The van der Waals surface area contributed by atoms with Crippen molar-refractivity contribution in [3.8, 4) is 0 Å². The minimum absolute atomic E-state index is 0.0448. The van der Waals surface area contributed by atoms with Gasteiger partial charge < -0.3 is 5.73 Å². The van der Waals surface area contributed by atoms with Gasteiger partial charge in [0.15, 0.2) is 0 Å². The molecule has 2 N–H and O–H groups in total. The Morgan fingerprint density at radius 1 is 1.11 bits per heavy atom. The summed E-state index contributed by atoms with van der Waals surface area (Å²) in [5.41, 5.74) is 8.19. The van der Waals surface area contributed by atoms with Crippen LogP contribution in [0.15, 0.2) is 52.4 Å². The standard InChI is InChI=1S/C15H18N2S/c1-3-14(16)15-9-8-13(10-17-15)18-12-6-4-11(2)5-7-12/h4-10,14H,3,16H2,1-2H3/t14-/m0/s1. The van der Waals surface area contributed by atoms with Gasteiger partial charge in [0.2, 0.25) is 0 Å². The molecule has 1 atom stereocenters. The van der Waals surface area contributed by atoms with Gasteiger partial charge in [-0.1, -0.05) is 36.4 Å². The van der Waals surface area contributed by atoms with Crippen LogP contribution in [-0.4, -0.2) is 4.98 Å². The Bertz CT molecular complexity index is 491. The Labute approximate surface area is 113 Å². The number of pyridine rings is 1. The highest BCUT2D eigenvalue weighted by molar-refractivity contribution is 7.99. The molecule has 0 aliphatic heterocycles. The van der Waals surface area contributed by atoms with Crippen LogP contribution in [0.3, 0.4) is 0 Å². The third kappa shape index (κ3) is 3.34. The highest BCUT2D eigenvalue weighted by Crippen LogP contribution is 2.27. The van der Waals surface area contributed by atoms with Crippen molar-refractivity contribution in [2.45, 2.75) is 36.1 Å². The summed E-state index contributed by atoms with van der Waals surface area (Å²) >= 11 is 1.72. The van der Waals surface area contributed by atoms with E-state index >= 15 is 0 Å². The van der Waals surface area contributed by atoms with E-state index in [-0.39, 0.29) is 6.04 Å². The highest BCUT2D eigenvalue weighted by Gasteiger charge is 2.04. The third-order valence-electron chi connectivity index (χ3n) is 2.84. The number of rotatable bonds is 4. The van der Waals surface area contributed by atoms with Crippen LogP contribution < -0.4 is 5.73 Å². The van der Waals surface area contributed by atoms with Gasteiger partial charge in [0.25, 0.3) is 0 Å². The van der Waals surface area contributed by atoms with Gasteiger partial charge in [0.1, 0.15) is 0 Å². The number of benzene rings is 1. The van der Waals surface area contributed by atoms with Crippen molar-refractivity contribution >= 4 is 11.8 Å². The van der Waals surface area contributed by atoms with E-state index in [1.807, 2.05) is 12.3 Å². The van der Waals surface area contributed by atoms with E-state index in [4.69, 9.17) is 5.73 Å². The van der Waals surface area contributed by atoms with Gasteiger partial charge >= 0.3 is 0 Å². The van der Waals surface area contributed by atoms with Crippen molar-refractivity contribution in [2.75, 3.05) is 0 Å². The molecule has 0 fully saturated rings. The maximum atomic E-state index is 5.94. The molecular weight excluding hydrogens is 240 g/mol. The number of aromatic nitrogens is 1. The van der Waals surface area contributed by atoms with Gasteiger partial charge in [-0.2, -0.15) is 0 Å². The summed E-state index contributed by atoms with van der Waals surface area (Å²) in [4.78, 5) is 6.79. The summed E-state index contributed by atoms with van der Waals surface area (Å²) < 4.78 is 0. The fourth-order valence-electron chi connectivity index (χ4n) is 1.62. The molecule has 0 aliphatic carbocycles. The molecule has 94 valence electrons. The number of nitrogens with two attached hydrogens (primary N) is 1. The van der Waals surface area contributed by atoms with Crippen molar-refractivity contribution in [3.63, 3.8) is 0 Å². The van der Waals surface area contributed by atoms with Gasteiger partial charge in [0.05, 0.1) is 5.69 Å². The molecule has 2 aromatic rings. The van der Waals surface area contributed by atoms with Crippen LogP contribution >= 0.6 is 11.8 Å². The molecule has 1 aromatic carbocycles. The van der Waals surface area contributed by atoms with Crippen LogP contribution in [0, 0.1) is 6.92 Å². The molecule has 3 heteroatoms. The predicted octanol–water partition coefficient (Wildman–Crippen LogP) is 3.95. The Morgan fingerprint density at radius 2 is 1.78 bits per heavy atom. The molecule has 0 radical (unpaired) electrons. The molecule has 0 bridgehead atoms. The third-order valence-corrected chi connectivity index (χ3v) is 3.82. The minimum atomic E-state index is 0.0448. The zero-order valence-corrected chi connectivity index (χ0v) is 11.6. The molecule has 2 nitrogen and oxygen atoms in total. The molecule has 1 heterocycles. The summed E-state index contributed by atoms with van der Waals surface area (Å²) in [5.74, 6) is 0. The Balaban J connectivity index is 2.08. The molecular formula is C15H18N2S. The van der Waals surface area contributed by atoms with Gasteiger partial charge in [-0.3, -0.25) is 4.98 Å². The second-order valence-electron chi connectivity index (χ2n) is 4.35. The summed E-state index contributed by atoms with van der Waals surface area (Å²) in [6, 6.07) is 12.7. The fraction of sp³-hybridized carbons (Fsp3) is 0.267. The van der Waals surface area contributed by atoms with Crippen molar-refractivity contribution < 1.29 is 0 Å². The van der Waals surface area contributed by atoms with Crippen molar-refractivity contribution in [1.82, 2.24) is 4.98 Å². The second kappa shape index (κ2) is 6.03. The van der Waals surface area contributed by atoms with Crippen molar-refractivity contribution in [3.05, 3.63) is 53.9 Å². The van der Waals surface area contributed by atoms with Crippen LogP contribution in [0.2, 0.25) is 0 Å². The van der Waals surface area contributed by atoms with Crippen LogP contribution in [0.25, 0.3) is 0 Å². The Morgan fingerprint density at radius 3 is 2.33 bits per heavy atom. The van der Waals surface area contributed by atoms with E-state index in [1.165, 1.54) is 10.5 Å². The Hall–Kier alpha value is -1.32. The maximum absolute atomic E-state index is 5.94. The first kappa shape index (κ1) is 13.1. The summed E-state index contributed by atoms with van der Waals surface area (Å²) in [7, 11) is 0. The average molecular weight is 258 g/mol. The topological polar surface area (TPSA) is 38.9 Å². The molecule has 0 unspecified atom stereocenters. The second-order valence-corrected chi connectivity index (χ2v) is 5.50. The number of aryl methyl sites for hydroxylation is 1. The van der Waals surface area contributed by atoms with Crippen LogP contribution in [0.4, 0.5) is 0 Å². The lowest BCUT2D eigenvalue weighted by Crippen LogP contribution is -2.10. The quantitative estimate of drug-likeness (QED) is 0.902. The monoisotopic (exact) mass is 258 g/mol. The first-order valence-electron chi connectivity index (χ1n) is 6.15. The fourth-order valence-corrected chi connectivity index (χ4v) is 2.41. The van der Waals surface area contributed by atoms with E-state index in [0.29, 0.717) is 0 Å². The van der Waals surface area contributed by atoms with Gasteiger partial charge in [-0.15, -0.1) is 0 Å². The first-order chi connectivity index (χ1) is 8.69. The van der Waals surface area contributed by atoms with E-state index < -0.39 is 0 Å². The summed E-state index contributed by atoms with van der Waals surface area (Å²) in [6.45, 7) is 4.16. The van der Waals surface area contributed by atoms with Crippen LogP contribution in [0.5, 0.6) is 0 Å². The van der Waals surface area contributed by atoms with E-state index in [9.17, 15) is 0 Å². The van der Waals surface area contributed by atoms with Crippen molar-refractivity contribution in [2.24, 2.45) is 5.73 Å². The predicted molar refractivity (Wildman–Crippen MR) is 76.8 cm³/mol. The molecule has 18 heavy (non-hydrogen) atoms. The average Bonchev–Trinajstić information content (AvgIpc) is 2.41. The Kier molecular flexibility index (Phi) is 4.39. The molecule has 0 saturated heterocycles. The number of nitrogens with zero attached hydrogens (tertiary/aromatic N) is 1. The zero-order chi connectivity index (χ0) is 13.0. The number of hydrogen-bond donors (Lipinski definition) is 1. The molecule has 0 aliphatic rings. The maximum Gasteiger partial charge on any atom is 0.0571 e. The van der Waals surface area contributed by atoms with E-state index in [2.05, 4.69) is 49.2 Å². The number of hydrogen-bond acceptors (Lipinski definition) is 3. The van der Waals surface area contributed by atoms with Crippen LogP contribution in [-0.2, 0) is 0 Å². The largest absolute Gasteiger partial charge is 0.323 e. The van der Waals surface area contributed by atoms with Gasteiger partial charge in [0, 0.05) is 22.0 Å². The molecule has 2 rings (SSSR count). The summed E-state index contributed by atoms with van der Waals surface area (Å²) in [6.07, 6.45) is 2.81. The summed E-state index contributed by atoms with van der Waals surface area (Å²) in [5, 5.41) is 0. The van der Waals surface area contributed by atoms with Crippen LogP contribution in [0.1, 0.15) is 30.6 Å². The van der Waals surface area contributed by atoms with Gasteiger partial charge in [-0.25, -0.2) is 0 Å². The smallest absolute Gasteiger partial charge is 0.0571 e. The zero-order valence-electron chi connectivity index (χ0n) is 10.8. The molecule has 0 saturated carbocycles. The molecule has 0 amide bonds. The van der Waals surface area contributed by atoms with E-state index in [0.717, 1.165) is 17.0 Å². The lowest BCUT2D eigenvalue weighted by molar-refractivity contribution is 0.674. The highest BCUT2D eigenvalue weighted by atomic mass is 32.2. The van der Waals surface area contributed by atoms with Gasteiger partial charge in [-0.05, 0) is 37.6 Å². The lowest BCUT2D eigenvalue weighted by Gasteiger charge is -2.08. The lowest BCUT2D eigenvalue weighted by atomic mass is 10.1. The van der Waals surface area contributed by atoms with Crippen molar-refractivity contribution in [1.29, 1.82) is 0 Å². The SMILES string of the molecule is CC[C@H](N)c1ccc(Sc2ccc(C)cc2)cn1.